The third-order valence-electron chi connectivity index (χ3n) is 2.69. The molecule has 0 atom stereocenters. The summed E-state index contributed by atoms with van der Waals surface area (Å²) in [5, 5.41) is 6.23. The van der Waals surface area contributed by atoms with Crippen LogP contribution < -0.4 is 0 Å². The minimum atomic E-state index is 0.821. The molecule has 1 aromatic carbocycles. The molecule has 0 aliphatic rings. The first-order chi connectivity index (χ1) is 7.84. The van der Waals surface area contributed by atoms with E-state index in [0.29, 0.717) is 0 Å². The van der Waals surface area contributed by atoms with Crippen molar-refractivity contribution in [1.82, 2.24) is 4.57 Å². The second kappa shape index (κ2) is 3.96. The molecule has 3 heteroatoms. The Morgan fingerprint density at radius 2 is 2.12 bits per heavy atom. The van der Waals surface area contributed by atoms with Gasteiger partial charge in [-0.25, -0.2) is 0 Å². The molecule has 0 radical (unpaired) electrons. The van der Waals surface area contributed by atoms with Gasteiger partial charge in [0.15, 0.2) is 0 Å². The van der Waals surface area contributed by atoms with Gasteiger partial charge in [-0.3, -0.25) is 0 Å². The average Bonchev–Trinajstić information content (AvgIpc) is 2.90. The van der Waals surface area contributed by atoms with Gasteiger partial charge in [0, 0.05) is 28.7 Å². The summed E-state index contributed by atoms with van der Waals surface area (Å²) in [4.78, 5) is 0. The van der Waals surface area contributed by atoms with Crippen LogP contribution >= 0.6 is 22.9 Å². The summed E-state index contributed by atoms with van der Waals surface area (Å²) in [7, 11) is 0. The predicted molar refractivity (Wildman–Crippen MR) is 70.4 cm³/mol. The molecule has 2 heterocycles. The third-order valence-corrected chi connectivity index (χ3v) is 3.76. The molecule has 3 rings (SSSR count). The standard InChI is InChI=1S/C13H10ClNS/c14-12-2-1-3-13-11(12)4-6-15(13)8-10-5-7-16-9-10/h1-7,9H,8H2. The van der Waals surface area contributed by atoms with E-state index in [1.165, 1.54) is 11.1 Å². The number of nitrogens with zero attached hydrogens (tertiary/aromatic N) is 1. The van der Waals surface area contributed by atoms with Crippen molar-refractivity contribution in [2.24, 2.45) is 0 Å². The van der Waals surface area contributed by atoms with Crippen LogP contribution in [0, 0.1) is 0 Å². The molecule has 0 aliphatic heterocycles. The molecule has 0 spiro atoms. The van der Waals surface area contributed by atoms with E-state index in [9.17, 15) is 0 Å². The quantitative estimate of drug-likeness (QED) is 0.632. The van der Waals surface area contributed by atoms with Crippen molar-refractivity contribution in [3.8, 4) is 0 Å². The molecule has 0 unspecified atom stereocenters. The molecule has 80 valence electrons. The summed E-state index contributed by atoms with van der Waals surface area (Å²) >= 11 is 7.87. The maximum atomic E-state index is 6.14. The summed E-state index contributed by atoms with van der Waals surface area (Å²) in [6.07, 6.45) is 2.09. The Labute approximate surface area is 103 Å². The topological polar surface area (TPSA) is 4.93 Å². The van der Waals surface area contributed by atoms with Crippen LogP contribution in [0.1, 0.15) is 5.56 Å². The molecule has 2 aromatic heterocycles. The fourth-order valence-corrected chi connectivity index (χ4v) is 2.80. The molecule has 0 N–H and O–H groups in total. The van der Waals surface area contributed by atoms with Crippen LogP contribution in [0.2, 0.25) is 5.02 Å². The highest BCUT2D eigenvalue weighted by Crippen LogP contribution is 2.25. The highest BCUT2D eigenvalue weighted by Gasteiger charge is 2.04. The Balaban J connectivity index is 2.08. The van der Waals surface area contributed by atoms with E-state index in [2.05, 4.69) is 39.7 Å². The Morgan fingerprint density at radius 1 is 1.19 bits per heavy atom. The first-order valence-corrected chi connectivity index (χ1v) is 6.41. The molecule has 3 aromatic rings. The van der Waals surface area contributed by atoms with Crippen molar-refractivity contribution in [3.63, 3.8) is 0 Å². The Bertz CT molecular complexity index is 610. The van der Waals surface area contributed by atoms with Gasteiger partial charge in [-0.2, -0.15) is 11.3 Å². The smallest absolute Gasteiger partial charge is 0.0499 e. The normalized spacial score (nSPS) is 11.1. The van der Waals surface area contributed by atoms with Gasteiger partial charge in [-0.1, -0.05) is 17.7 Å². The molecular weight excluding hydrogens is 238 g/mol. The highest BCUT2D eigenvalue weighted by molar-refractivity contribution is 7.07. The van der Waals surface area contributed by atoms with E-state index in [1.807, 2.05) is 12.1 Å². The van der Waals surface area contributed by atoms with Crippen molar-refractivity contribution in [1.29, 1.82) is 0 Å². The maximum absolute atomic E-state index is 6.14. The maximum Gasteiger partial charge on any atom is 0.0499 e. The van der Waals surface area contributed by atoms with Gasteiger partial charge < -0.3 is 4.57 Å². The lowest BCUT2D eigenvalue weighted by molar-refractivity contribution is 0.840. The Kier molecular flexibility index (Phi) is 2.46. The zero-order valence-electron chi connectivity index (χ0n) is 8.56. The molecule has 0 aliphatic carbocycles. The van der Waals surface area contributed by atoms with Crippen LogP contribution in [0.4, 0.5) is 0 Å². The fourth-order valence-electron chi connectivity index (χ4n) is 1.90. The summed E-state index contributed by atoms with van der Waals surface area (Å²) in [5.41, 5.74) is 2.53. The Morgan fingerprint density at radius 3 is 2.94 bits per heavy atom. The van der Waals surface area contributed by atoms with Crippen LogP contribution in [0.25, 0.3) is 10.9 Å². The highest BCUT2D eigenvalue weighted by atomic mass is 35.5. The first-order valence-electron chi connectivity index (χ1n) is 5.09. The molecule has 0 bridgehead atoms. The number of fused-ring (bicyclic) bond motifs is 1. The third kappa shape index (κ3) is 1.64. The van der Waals surface area contributed by atoms with Gasteiger partial charge >= 0.3 is 0 Å². The van der Waals surface area contributed by atoms with Gasteiger partial charge in [0.25, 0.3) is 0 Å². The zero-order valence-corrected chi connectivity index (χ0v) is 10.1. The zero-order chi connectivity index (χ0) is 11.0. The minimum absolute atomic E-state index is 0.821. The van der Waals surface area contributed by atoms with E-state index in [0.717, 1.165) is 17.0 Å². The summed E-state index contributed by atoms with van der Waals surface area (Å²) in [5.74, 6) is 0. The number of hydrogen-bond acceptors (Lipinski definition) is 1. The van der Waals surface area contributed by atoms with Crippen LogP contribution in [0.15, 0.2) is 47.3 Å². The summed E-state index contributed by atoms with van der Waals surface area (Å²) in [6.45, 7) is 0.910. The summed E-state index contributed by atoms with van der Waals surface area (Å²) < 4.78 is 2.23. The molecule has 0 fully saturated rings. The van der Waals surface area contributed by atoms with Crippen LogP contribution in [0.5, 0.6) is 0 Å². The van der Waals surface area contributed by atoms with Crippen molar-refractivity contribution in [3.05, 3.63) is 57.9 Å². The van der Waals surface area contributed by atoms with Crippen molar-refractivity contribution in [2.45, 2.75) is 6.54 Å². The fraction of sp³-hybridized carbons (Fsp3) is 0.0769. The molecule has 0 saturated carbocycles. The molecule has 0 amide bonds. The van der Waals surface area contributed by atoms with E-state index in [-0.39, 0.29) is 0 Å². The second-order valence-corrected chi connectivity index (χ2v) is 4.94. The number of rotatable bonds is 2. The molecule has 0 saturated heterocycles. The monoisotopic (exact) mass is 247 g/mol. The minimum Gasteiger partial charge on any atom is -0.343 e. The second-order valence-electron chi connectivity index (χ2n) is 3.75. The van der Waals surface area contributed by atoms with E-state index >= 15 is 0 Å². The lowest BCUT2D eigenvalue weighted by Gasteiger charge is -2.03. The van der Waals surface area contributed by atoms with Crippen LogP contribution in [-0.2, 0) is 6.54 Å². The average molecular weight is 248 g/mol. The molecule has 16 heavy (non-hydrogen) atoms. The molecule has 1 nitrogen and oxygen atoms in total. The first kappa shape index (κ1) is 9.94. The SMILES string of the molecule is Clc1cccc2c1ccn2Cc1ccsc1. The number of aromatic nitrogens is 1. The van der Waals surface area contributed by atoms with Gasteiger partial charge in [0.05, 0.1) is 0 Å². The van der Waals surface area contributed by atoms with E-state index in [4.69, 9.17) is 11.6 Å². The largest absolute Gasteiger partial charge is 0.343 e. The van der Waals surface area contributed by atoms with Gasteiger partial charge in [-0.05, 0) is 40.6 Å². The van der Waals surface area contributed by atoms with Crippen molar-refractivity contribution < 1.29 is 0 Å². The van der Waals surface area contributed by atoms with Crippen LogP contribution in [-0.4, -0.2) is 4.57 Å². The Hall–Kier alpha value is -1.25. The van der Waals surface area contributed by atoms with E-state index in [1.54, 1.807) is 11.3 Å². The molecular formula is C13H10ClNS. The number of benzene rings is 1. The summed E-state index contributed by atoms with van der Waals surface area (Å²) in [6, 6.07) is 10.3. The van der Waals surface area contributed by atoms with Gasteiger partial charge in [0.2, 0.25) is 0 Å². The lowest BCUT2D eigenvalue weighted by Crippen LogP contribution is -1.95. The predicted octanol–water partition coefficient (Wildman–Crippen LogP) is 4.40. The number of hydrogen-bond donors (Lipinski definition) is 0. The van der Waals surface area contributed by atoms with Crippen molar-refractivity contribution in [2.75, 3.05) is 0 Å². The lowest BCUT2D eigenvalue weighted by atomic mass is 10.2. The van der Waals surface area contributed by atoms with Crippen LogP contribution in [0.3, 0.4) is 0 Å². The van der Waals surface area contributed by atoms with E-state index < -0.39 is 0 Å². The number of halogens is 1. The number of thiophene rings is 1. The van der Waals surface area contributed by atoms with Gasteiger partial charge in [0.1, 0.15) is 0 Å². The van der Waals surface area contributed by atoms with Gasteiger partial charge in [-0.15, -0.1) is 0 Å². The van der Waals surface area contributed by atoms with Crippen molar-refractivity contribution >= 4 is 33.8 Å².